The van der Waals surface area contributed by atoms with Crippen LogP contribution in [0.2, 0.25) is 0 Å². The van der Waals surface area contributed by atoms with E-state index in [4.69, 9.17) is 4.74 Å². The van der Waals surface area contributed by atoms with Gasteiger partial charge in [0.1, 0.15) is 6.10 Å². The van der Waals surface area contributed by atoms with Crippen molar-refractivity contribution >= 4 is 33.2 Å². The minimum absolute atomic E-state index is 0.0636. The Morgan fingerprint density at radius 2 is 1.46 bits per heavy atom. The van der Waals surface area contributed by atoms with E-state index in [0.717, 1.165) is 21.7 Å². The summed E-state index contributed by atoms with van der Waals surface area (Å²) in [4.78, 5) is 22.6. The lowest BCUT2D eigenvalue weighted by Gasteiger charge is -2.15. The van der Waals surface area contributed by atoms with Crippen LogP contribution in [0.5, 0.6) is 0 Å². The zero-order chi connectivity index (χ0) is 19.7. The maximum Gasteiger partial charge on any atom is 0.338 e. The van der Waals surface area contributed by atoms with Crippen molar-refractivity contribution in [2.75, 3.05) is 0 Å². The fourth-order valence-corrected chi connectivity index (χ4v) is 3.23. The summed E-state index contributed by atoms with van der Waals surface area (Å²) in [7, 11) is 0. The predicted molar refractivity (Wildman–Crippen MR) is 108 cm³/mol. The van der Waals surface area contributed by atoms with E-state index in [1.54, 1.807) is 0 Å². The molecule has 0 N–H and O–H groups in total. The Labute approximate surface area is 161 Å². The number of hydrogen-bond donors (Lipinski definition) is 0. The van der Waals surface area contributed by atoms with Gasteiger partial charge in [-0.1, -0.05) is 36.4 Å². The summed E-state index contributed by atoms with van der Waals surface area (Å²) in [5, 5.41) is 15.3. The van der Waals surface area contributed by atoms with Crippen molar-refractivity contribution < 1.29 is 14.5 Å². The van der Waals surface area contributed by atoms with Crippen LogP contribution in [0.4, 0.5) is 5.69 Å². The average molecular weight is 371 g/mol. The van der Waals surface area contributed by atoms with E-state index in [1.165, 1.54) is 29.7 Å². The number of carbonyl (C=O) groups is 1. The molecule has 5 heteroatoms. The molecule has 28 heavy (non-hydrogen) atoms. The maximum atomic E-state index is 12.4. The topological polar surface area (TPSA) is 69.4 Å². The molecule has 4 rings (SSSR count). The van der Waals surface area contributed by atoms with Crippen LogP contribution in [0.25, 0.3) is 21.5 Å². The van der Waals surface area contributed by atoms with Gasteiger partial charge >= 0.3 is 5.97 Å². The van der Waals surface area contributed by atoms with Crippen LogP contribution in [0, 0.1) is 10.1 Å². The molecule has 1 atom stereocenters. The Morgan fingerprint density at radius 3 is 2.11 bits per heavy atom. The highest BCUT2D eigenvalue weighted by Crippen LogP contribution is 2.27. The number of benzene rings is 4. The minimum Gasteiger partial charge on any atom is -0.454 e. The Kier molecular flexibility index (Phi) is 4.49. The van der Waals surface area contributed by atoms with Gasteiger partial charge in [0.2, 0.25) is 0 Å². The molecule has 4 aromatic rings. The van der Waals surface area contributed by atoms with Gasteiger partial charge in [0, 0.05) is 12.1 Å². The van der Waals surface area contributed by atoms with Gasteiger partial charge in [-0.05, 0) is 64.4 Å². The molecule has 4 aromatic carbocycles. The van der Waals surface area contributed by atoms with Gasteiger partial charge in [-0.2, -0.15) is 0 Å². The van der Waals surface area contributed by atoms with E-state index in [2.05, 4.69) is 24.3 Å². The molecule has 138 valence electrons. The SMILES string of the molecule is CC(OC(=O)c1ccc([N+](=O)[O-])cc1)c1ccc2cc3ccccc3cc2c1. The number of rotatable bonds is 4. The number of nitrogens with zero attached hydrogens (tertiary/aromatic N) is 1. The summed E-state index contributed by atoms with van der Waals surface area (Å²) in [5.74, 6) is -0.513. The number of hydrogen-bond acceptors (Lipinski definition) is 4. The number of carbonyl (C=O) groups excluding carboxylic acids is 1. The largest absolute Gasteiger partial charge is 0.454 e. The molecule has 0 aromatic heterocycles. The first-order chi connectivity index (χ1) is 13.5. The van der Waals surface area contributed by atoms with Gasteiger partial charge in [-0.3, -0.25) is 10.1 Å². The second-order valence-corrected chi connectivity index (χ2v) is 6.66. The lowest BCUT2D eigenvalue weighted by atomic mass is 10.00. The van der Waals surface area contributed by atoms with Crippen LogP contribution in [0.15, 0.2) is 78.9 Å². The first-order valence-electron chi connectivity index (χ1n) is 8.89. The smallest absolute Gasteiger partial charge is 0.338 e. The normalized spacial score (nSPS) is 12.0. The first kappa shape index (κ1) is 17.7. The Bertz CT molecular complexity index is 1200. The van der Waals surface area contributed by atoms with E-state index in [-0.39, 0.29) is 11.3 Å². The first-order valence-corrected chi connectivity index (χ1v) is 8.89. The van der Waals surface area contributed by atoms with Gasteiger partial charge in [0.15, 0.2) is 0 Å². The van der Waals surface area contributed by atoms with Crippen molar-refractivity contribution in [3.63, 3.8) is 0 Å². The van der Waals surface area contributed by atoms with Crippen LogP contribution >= 0.6 is 0 Å². The molecule has 1 unspecified atom stereocenters. The molecule has 0 saturated carbocycles. The monoisotopic (exact) mass is 371 g/mol. The number of nitro benzene ring substituents is 1. The molecular formula is C23H17NO4. The van der Waals surface area contributed by atoms with E-state index in [1.807, 2.05) is 37.3 Å². The van der Waals surface area contributed by atoms with Crippen LogP contribution in [-0.4, -0.2) is 10.9 Å². The number of ether oxygens (including phenoxy) is 1. The lowest BCUT2D eigenvalue weighted by Crippen LogP contribution is -2.09. The number of non-ortho nitro benzene ring substituents is 1. The molecule has 5 nitrogen and oxygen atoms in total. The van der Waals surface area contributed by atoms with Crippen molar-refractivity contribution in [1.29, 1.82) is 0 Å². The molecule has 0 fully saturated rings. The van der Waals surface area contributed by atoms with E-state index >= 15 is 0 Å². The molecular weight excluding hydrogens is 354 g/mol. The second kappa shape index (κ2) is 7.12. The molecule has 0 amide bonds. The summed E-state index contributed by atoms with van der Waals surface area (Å²) in [6.07, 6.45) is -0.446. The van der Waals surface area contributed by atoms with Gasteiger partial charge < -0.3 is 4.74 Å². The van der Waals surface area contributed by atoms with Crippen LogP contribution < -0.4 is 0 Å². The van der Waals surface area contributed by atoms with E-state index < -0.39 is 17.0 Å². The zero-order valence-electron chi connectivity index (χ0n) is 15.2. The van der Waals surface area contributed by atoms with Gasteiger partial charge in [0.25, 0.3) is 5.69 Å². The molecule has 0 aliphatic heterocycles. The molecule has 0 aliphatic carbocycles. The van der Waals surface area contributed by atoms with Crippen molar-refractivity contribution in [3.8, 4) is 0 Å². The molecule has 0 radical (unpaired) electrons. The fourth-order valence-electron chi connectivity index (χ4n) is 3.23. The second-order valence-electron chi connectivity index (χ2n) is 6.66. The Balaban J connectivity index is 1.57. The quantitative estimate of drug-likeness (QED) is 0.196. The van der Waals surface area contributed by atoms with Crippen molar-refractivity contribution in [2.45, 2.75) is 13.0 Å². The van der Waals surface area contributed by atoms with Gasteiger partial charge in [-0.15, -0.1) is 0 Å². The summed E-state index contributed by atoms with van der Waals surface area (Å²) in [5.41, 5.74) is 1.11. The zero-order valence-corrected chi connectivity index (χ0v) is 15.2. The van der Waals surface area contributed by atoms with Crippen LogP contribution in [0.1, 0.15) is 28.9 Å². The lowest BCUT2D eigenvalue weighted by molar-refractivity contribution is -0.384. The third kappa shape index (κ3) is 3.42. The highest BCUT2D eigenvalue weighted by atomic mass is 16.6. The van der Waals surface area contributed by atoms with E-state index in [0.29, 0.717) is 0 Å². The fraction of sp³-hybridized carbons (Fsp3) is 0.0870. The minimum atomic E-state index is -0.513. The average Bonchev–Trinajstić information content (AvgIpc) is 2.71. The van der Waals surface area contributed by atoms with Crippen LogP contribution in [0.3, 0.4) is 0 Å². The highest BCUT2D eigenvalue weighted by molar-refractivity contribution is 5.98. The molecule has 0 heterocycles. The number of fused-ring (bicyclic) bond motifs is 2. The number of esters is 1. The molecule has 0 aliphatic rings. The molecule has 0 bridgehead atoms. The van der Waals surface area contributed by atoms with Crippen LogP contribution in [-0.2, 0) is 4.74 Å². The third-order valence-electron chi connectivity index (χ3n) is 4.80. The van der Waals surface area contributed by atoms with Crippen molar-refractivity contribution in [2.24, 2.45) is 0 Å². The Morgan fingerprint density at radius 1 is 0.857 bits per heavy atom. The van der Waals surface area contributed by atoms with Gasteiger partial charge in [-0.25, -0.2) is 4.79 Å². The third-order valence-corrected chi connectivity index (χ3v) is 4.80. The maximum absolute atomic E-state index is 12.4. The molecule has 0 spiro atoms. The summed E-state index contributed by atoms with van der Waals surface area (Å²) in [6.45, 7) is 1.81. The summed E-state index contributed by atoms with van der Waals surface area (Å²) >= 11 is 0. The predicted octanol–water partition coefficient (Wildman–Crippen LogP) is 5.82. The summed E-state index contributed by atoms with van der Waals surface area (Å²) in [6, 6.07) is 23.8. The standard InChI is InChI=1S/C23H17NO4/c1-15(28-23(25)16-8-10-22(11-9-16)24(26)27)17-6-7-20-13-18-4-2-3-5-19(18)14-21(20)12-17/h2-15H,1H3. The van der Waals surface area contributed by atoms with Crippen molar-refractivity contribution in [1.82, 2.24) is 0 Å². The Hall–Kier alpha value is -3.73. The van der Waals surface area contributed by atoms with Gasteiger partial charge in [0.05, 0.1) is 10.5 Å². The summed E-state index contributed by atoms with van der Waals surface area (Å²) < 4.78 is 5.55. The molecule has 0 saturated heterocycles. The van der Waals surface area contributed by atoms with E-state index in [9.17, 15) is 14.9 Å². The highest BCUT2D eigenvalue weighted by Gasteiger charge is 2.15. The number of nitro groups is 1. The van der Waals surface area contributed by atoms with Crippen molar-refractivity contribution in [3.05, 3.63) is 100 Å².